The van der Waals surface area contributed by atoms with Crippen LogP contribution in [0.25, 0.3) is 0 Å². The number of rotatable bonds is 3. The molecule has 68 valence electrons. The SMILES string of the molecule is CC(=O)OC=CC(=O)OC(C)C. The van der Waals surface area contributed by atoms with E-state index in [0.717, 1.165) is 12.3 Å². The van der Waals surface area contributed by atoms with E-state index < -0.39 is 11.9 Å². The number of carbonyl (C=O) groups excluding carboxylic acids is 2. The molecular weight excluding hydrogens is 160 g/mol. The molecule has 12 heavy (non-hydrogen) atoms. The summed E-state index contributed by atoms with van der Waals surface area (Å²) in [6.07, 6.45) is 1.90. The second-order valence-electron chi connectivity index (χ2n) is 2.40. The summed E-state index contributed by atoms with van der Waals surface area (Å²) in [4.78, 5) is 21.0. The van der Waals surface area contributed by atoms with Crippen LogP contribution in [-0.4, -0.2) is 18.0 Å². The third-order valence-corrected chi connectivity index (χ3v) is 0.790. The Morgan fingerprint density at radius 2 is 1.92 bits per heavy atom. The van der Waals surface area contributed by atoms with Gasteiger partial charge in [-0.3, -0.25) is 4.79 Å². The van der Waals surface area contributed by atoms with Gasteiger partial charge >= 0.3 is 11.9 Å². The van der Waals surface area contributed by atoms with Gasteiger partial charge in [0.15, 0.2) is 0 Å². The highest BCUT2D eigenvalue weighted by Crippen LogP contribution is 1.90. The second-order valence-corrected chi connectivity index (χ2v) is 2.40. The van der Waals surface area contributed by atoms with E-state index in [9.17, 15) is 9.59 Å². The van der Waals surface area contributed by atoms with Crippen LogP contribution in [0.4, 0.5) is 0 Å². The van der Waals surface area contributed by atoms with E-state index in [1.165, 1.54) is 6.92 Å². The second kappa shape index (κ2) is 5.35. The normalized spacial score (nSPS) is 10.3. The fraction of sp³-hybridized carbons (Fsp3) is 0.500. The van der Waals surface area contributed by atoms with Gasteiger partial charge in [0.05, 0.1) is 12.2 Å². The summed E-state index contributed by atoms with van der Waals surface area (Å²) in [6.45, 7) is 4.72. The molecule has 0 atom stereocenters. The van der Waals surface area contributed by atoms with Gasteiger partial charge in [-0.25, -0.2) is 4.79 Å². The van der Waals surface area contributed by atoms with E-state index in [0.29, 0.717) is 0 Å². The van der Waals surface area contributed by atoms with Crippen LogP contribution in [0, 0.1) is 0 Å². The summed E-state index contributed by atoms with van der Waals surface area (Å²) in [5.74, 6) is -0.991. The van der Waals surface area contributed by atoms with Crippen LogP contribution in [0.3, 0.4) is 0 Å². The van der Waals surface area contributed by atoms with Crippen LogP contribution < -0.4 is 0 Å². The van der Waals surface area contributed by atoms with Crippen LogP contribution in [0.15, 0.2) is 12.3 Å². The van der Waals surface area contributed by atoms with Crippen molar-refractivity contribution in [2.24, 2.45) is 0 Å². The highest BCUT2D eigenvalue weighted by molar-refractivity contribution is 5.82. The van der Waals surface area contributed by atoms with Crippen LogP contribution >= 0.6 is 0 Å². The van der Waals surface area contributed by atoms with Gasteiger partial charge in [0.1, 0.15) is 6.26 Å². The maximum absolute atomic E-state index is 10.7. The van der Waals surface area contributed by atoms with Gasteiger partial charge in [-0.2, -0.15) is 0 Å². The molecule has 0 N–H and O–H groups in total. The molecule has 0 unspecified atom stereocenters. The summed E-state index contributed by atoms with van der Waals surface area (Å²) in [6, 6.07) is 0. The maximum atomic E-state index is 10.7. The lowest BCUT2D eigenvalue weighted by molar-refractivity contribution is -0.141. The number of ether oxygens (including phenoxy) is 2. The minimum absolute atomic E-state index is 0.167. The van der Waals surface area contributed by atoms with Crippen molar-refractivity contribution in [3.63, 3.8) is 0 Å². The first-order chi connectivity index (χ1) is 5.52. The predicted octanol–water partition coefficient (Wildman–Crippen LogP) is 1.01. The molecule has 4 nitrogen and oxygen atoms in total. The molecule has 0 heterocycles. The molecule has 0 fully saturated rings. The Kier molecular flexibility index (Phi) is 4.76. The minimum atomic E-state index is -0.522. The van der Waals surface area contributed by atoms with Crippen LogP contribution in [0.5, 0.6) is 0 Å². The molecule has 0 saturated heterocycles. The van der Waals surface area contributed by atoms with Crippen LogP contribution in [0.1, 0.15) is 20.8 Å². The van der Waals surface area contributed by atoms with Crippen molar-refractivity contribution in [1.29, 1.82) is 0 Å². The predicted molar refractivity (Wildman–Crippen MR) is 42.1 cm³/mol. The van der Waals surface area contributed by atoms with Crippen LogP contribution in [0.2, 0.25) is 0 Å². The average Bonchev–Trinajstić information content (AvgIpc) is 1.84. The van der Waals surface area contributed by atoms with Crippen molar-refractivity contribution in [3.8, 4) is 0 Å². The Balaban J connectivity index is 3.68. The summed E-state index contributed by atoms with van der Waals surface area (Å²) in [5.41, 5.74) is 0. The molecule has 0 bridgehead atoms. The largest absolute Gasteiger partial charge is 0.460 e. The number of hydrogen-bond acceptors (Lipinski definition) is 4. The van der Waals surface area contributed by atoms with Gasteiger partial charge in [-0.05, 0) is 13.8 Å². The molecule has 0 aliphatic heterocycles. The van der Waals surface area contributed by atoms with E-state index >= 15 is 0 Å². The zero-order chi connectivity index (χ0) is 9.56. The van der Waals surface area contributed by atoms with Crippen molar-refractivity contribution < 1.29 is 19.1 Å². The maximum Gasteiger partial charge on any atom is 0.334 e. The number of carbonyl (C=O) groups is 2. The van der Waals surface area contributed by atoms with E-state index in [2.05, 4.69) is 4.74 Å². The van der Waals surface area contributed by atoms with Gasteiger partial charge in [0, 0.05) is 6.92 Å². The Bertz CT molecular complexity index is 193. The Morgan fingerprint density at radius 1 is 1.33 bits per heavy atom. The Hall–Kier alpha value is -1.32. The molecule has 0 aromatic heterocycles. The molecule has 0 spiro atoms. The highest BCUT2D eigenvalue weighted by atomic mass is 16.5. The first kappa shape index (κ1) is 10.7. The molecule has 4 heteroatoms. The van der Waals surface area contributed by atoms with E-state index in [-0.39, 0.29) is 6.10 Å². The van der Waals surface area contributed by atoms with Crippen molar-refractivity contribution >= 4 is 11.9 Å². The lowest BCUT2D eigenvalue weighted by atomic mass is 10.5. The Morgan fingerprint density at radius 3 is 2.33 bits per heavy atom. The summed E-state index contributed by atoms with van der Waals surface area (Å²) >= 11 is 0. The molecule has 0 rings (SSSR count). The summed E-state index contributed by atoms with van der Waals surface area (Å²) in [5, 5.41) is 0. The zero-order valence-corrected chi connectivity index (χ0v) is 7.37. The van der Waals surface area contributed by atoms with Crippen LogP contribution in [-0.2, 0) is 19.1 Å². The molecule has 0 aliphatic carbocycles. The van der Waals surface area contributed by atoms with Gasteiger partial charge in [-0.15, -0.1) is 0 Å². The third-order valence-electron chi connectivity index (χ3n) is 0.790. The minimum Gasteiger partial charge on any atom is -0.460 e. The molecule has 0 amide bonds. The quantitative estimate of drug-likeness (QED) is 0.362. The lowest BCUT2D eigenvalue weighted by Gasteiger charge is -2.03. The monoisotopic (exact) mass is 172 g/mol. The van der Waals surface area contributed by atoms with Gasteiger partial charge < -0.3 is 9.47 Å². The van der Waals surface area contributed by atoms with Crippen molar-refractivity contribution in [3.05, 3.63) is 12.3 Å². The smallest absolute Gasteiger partial charge is 0.334 e. The van der Waals surface area contributed by atoms with E-state index in [4.69, 9.17) is 4.74 Å². The summed E-state index contributed by atoms with van der Waals surface area (Å²) < 4.78 is 9.09. The van der Waals surface area contributed by atoms with Gasteiger partial charge in [-0.1, -0.05) is 0 Å². The number of esters is 2. The highest BCUT2D eigenvalue weighted by Gasteiger charge is 1.99. The first-order valence-corrected chi connectivity index (χ1v) is 3.56. The topological polar surface area (TPSA) is 52.6 Å². The fourth-order valence-corrected chi connectivity index (χ4v) is 0.457. The molecule has 0 aromatic carbocycles. The Labute approximate surface area is 71.2 Å². The lowest BCUT2D eigenvalue weighted by Crippen LogP contribution is -2.08. The molecule has 0 saturated carbocycles. The van der Waals surface area contributed by atoms with Crippen molar-refractivity contribution in [1.82, 2.24) is 0 Å². The van der Waals surface area contributed by atoms with Crippen molar-refractivity contribution in [2.45, 2.75) is 26.9 Å². The first-order valence-electron chi connectivity index (χ1n) is 3.56. The average molecular weight is 172 g/mol. The molecule has 0 radical (unpaired) electrons. The molecular formula is C8H12O4. The van der Waals surface area contributed by atoms with Gasteiger partial charge in [0.2, 0.25) is 0 Å². The van der Waals surface area contributed by atoms with Crippen molar-refractivity contribution in [2.75, 3.05) is 0 Å². The zero-order valence-electron chi connectivity index (χ0n) is 7.37. The summed E-state index contributed by atoms with van der Waals surface area (Å²) in [7, 11) is 0. The standard InChI is InChI=1S/C8H12O4/c1-6(2)12-8(10)4-5-11-7(3)9/h4-6H,1-3H3. The number of hydrogen-bond donors (Lipinski definition) is 0. The fourth-order valence-electron chi connectivity index (χ4n) is 0.457. The molecule has 0 aliphatic rings. The molecule has 0 aromatic rings. The van der Waals surface area contributed by atoms with Gasteiger partial charge in [0.25, 0.3) is 0 Å². The van der Waals surface area contributed by atoms with E-state index in [1.807, 2.05) is 0 Å². The third kappa shape index (κ3) is 6.80. The van der Waals surface area contributed by atoms with E-state index in [1.54, 1.807) is 13.8 Å².